The van der Waals surface area contributed by atoms with E-state index >= 15 is 0 Å². The molecule has 1 heteroatoms. The molecule has 1 aliphatic rings. The van der Waals surface area contributed by atoms with E-state index in [1.54, 1.807) is 0 Å². The molecule has 1 nitrogen and oxygen atoms in total. The molecule has 2 rings (SSSR count). The Labute approximate surface area is 118 Å². The molecule has 1 aromatic rings. The largest absolute Gasteiger partial charge is 0.340 e. The Morgan fingerprint density at radius 1 is 1.16 bits per heavy atom. The third-order valence-electron chi connectivity index (χ3n) is 4.65. The van der Waals surface area contributed by atoms with E-state index in [-0.39, 0.29) is 0 Å². The Balaban J connectivity index is 2.36. The summed E-state index contributed by atoms with van der Waals surface area (Å²) in [6.45, 7) is 10.9. The number of anilines is 1. The lowest BCUT2D eigenvalue weighted by Gasteiger charge is -2.43. The molecule has 0 unspecified atom stereocenters. The maximum absolute atomic E-state index is 4.24. The number of benzene rings is 1. The summed E-state index contributed by atoms with van der Waals surface area (Å²) in [5.74, 6) is 0. The number of hydrogen-bond acceptors (Lipinski definition) is 1. The van der Waals surface area contributed by atoms with E-state index in [1.807, 2.05) is 0 Å². The normalized spacial score (nSPS) is 17.4. The Hall–Kier alpha value is -1.24. The van der Waals surface area contributed by atoms with Crippen molar-refractivity contribution < 1.29 is 0 Å². The average Bonchev–Trinajstić information content (AvgIpc) is 2.89. The topological polar surface area (TPSA) is 3.24 Å². The monoisotopic (exact) mass is 257 g/mol. The fraction of sp³-hybridized carbons (Fsp3) is 0.556. The first kappa shape index (κ1) is 14.2. The quantitative estimate of drug-likeness (QED) is 0.690. The summed E-state index contributed by atoms with van der Waals surface area (Å²) >= 11 is 0. The average molecular weight is 257 g/mol. The van der Waals surface area contributed by atoms with Crippen molar-refractivity contribution in [2.24, 2.45) is 0 Å². The second-order valence-electron chi connectivity index (χ2n) is 5.88. The molecule has 1 aromatic carbocycles. The van der Waals surface area contributed by atoms with Crippen molar-refractivity contribution in [1.29, 1.82) is 0 Å². The minimum absolute atomic E-state index is 0.305. The summed E-state index contributed by atoms with van der Waals surface area (Å²) < 4.78 is 0. The Kier molecular flexibility index (Phi) is 4.34. The molecule has 0 N–H and O–H groups in total. The van der Waals surface area contributed by atoms with E-state index in [2.05, 4.69) is 56.5 Å². The Morgan fingerprint density at radius 3 is 2.16 bits per heavy atom. The maximum atomic E-state index is 4.24. The second-order valence-corrected chi connectivity index (χ2v) is 5.88. The van der Waals surface area contributed by atoms with Gasteiger partial charge >= 0.3 is 0 Å². The number of aryl methyl sites for hydroxylation is 1. The van der Waals surface area contributed by atoms with E-state index in [9.17, 15) is 0 Å². The Morgan fingerprint density at radius 2 is 1.74 bits per heavy atom. The third-order valence-corrected chi connectivity index (χ3v) is 4.65. The van der Waals surface area contributed by atoms with Gasteiger partial charge in [0, 0.05) is 16.9 Å². The van der Waals surface area contributed by atoms with Gasteiger partial charge in [0.1, 0.15) is 0 Å². The third kappa shape index (κ3) is 2.70. The minimum Gasteiger partial charge on any atom is -0.340 e. The van der Waals surface area contributed by atoms with Crippen LogP contribution in [-0.4, -0.2) is 5.54 Å². The maximum Gasteiger partial charge on any atom is 0.0445 e. The summed E-state index contributed by atoms with van der Waals surface area (Å²) in [5.41, 5.74) is 4.20. The van der Waals surface area contributed by atoms with Gasteiger partial charge in [-0.1, -0.05) is 45.4 Å². The molecular formula is C18H27N. The molecule has 0 bridgehead atoms. The van der Waals surface area contributed by atoms with Gasteiger partial charge in [-0.05, 0) is 50.3 Å². The zero-order valence-corrected chi connectivity index (χ0v) is 12.7. The van der Waals surface area contributed by atoms with Gasteiger partial charge in [0.25, 0.3) is 0 Å². The smallest absolute Gasteiger partial charge is 0.0445 e. The summed E-state index contributed by atoms with van der Waals surface area (Å²) in [6, 6.07) is 9.04. The number of hydrogen-bond donors (Lipinski definition) is 0. The van der Waals surface area contributed by atoms with E-state index in [1.165, 1.54) is 49.1 Å². The molecule has 0 heterocycles. The first-order valence-electron chi connectivity index (χ1n) is 7.67. The van der Waals surface area contributed by atoms with Crippen LogP contribution in [0.25, 0.3) is 0 Å². The van der Waals surface area contributed by atoms with Crippen LogP contribution in [0.2, 0.25) is 0 Å². The highest BCUT2D eigenvalue weighted by Crippen LogP contribution is 2.42. The van der Waals surface area contributed by atoms with Crippen molar-refractivity contribution in [3.8, 4) is 0 Å². The molecule has 1 aliphatic carbocycles. The standard InChI is InChI=1S/C18H27N/c1-5-16-9-11-17(12-10-16)19(15(3)4)18(6-2)13-7-8-14-18/h9-12H,3,5-8,13-14H2,1-2,4H3. The summed E-state index contributed by atoms with van der Waals surface area (Å²) in [5, 5.41) is 0. The Bertz CT molecular complexity index is 424. The molecule has 1 saturated carbocycles. The van der Waals surface area contributed by atoms with Crippen molar-refractivity contribution >= 4 is 5.69 Å². The van der Waals surface area contributed by atoms with Gasteiger partial charge in [-0.25, -0.2) is 0 Å². The van der Waals surface area contributed by atoms with Crippen LogP contribution in [0.15, 0.2) is 36.5 Å². The number of nitrogens with zero attached hydrogens (tertiary/aromatic N) is 1. The molecule has 0 radical (unpaired) electrons. The summed E-state index contributed by atoms with van der Waals surface area (Å²) in [6.07, 6.45) is 7.61. The first-order valence-corrected chi connectivity index (χ1v) is 7.67. The van der Waals surface area contributed by atoms with Gasteiger partial charge < -0.3 is 4.90 Å². The lowest BCUT2D eigenvalue weighted by Crippen LogP contribution is -2.45. The molecule has 0 aromatic heterocycles. The fourth-order valence-electron chi connectivity index (χ4n) is 3.55. The first-order chi connectivity index (χ1) is 9.13. The molecule has 1 fully saturated rings. The van der Waals surface area contributed by atoms with Crippen molar-refractivity contribution in [1.82, 2.24) is 0 Å². The van der Waals surface area contributed by atoms with E-state index < -0.39 is 0 Å². The van der Waals surface area contributed by atoms with Gasteiger partial charge in [-0.3, -0.25) is 0 Å². The number of allylic oxidation sites excluding steroid dienone is 1. The highest BCUT2D eigenvalue weighted by molar-refractivity contribution is 5.55. The predicted molar refractivity (Wildman–Crippen MR) is 84.6 cm³/mol. The highest BCUT2D eigenvalue weighted by Gasteiger charge is 2.38. The van der Waals surface area contributed by atoms with Crippen LogP contribution >= 0.6 is 0 Å². The summed E-state index contributed by atoms with van der Waals surface area (Å²) in [7, 11) is 0. The number of rotatable bonds is 5. The fourth-order valence-corrected chi connectivity index (χ4v) is 3.55. The van der Waals surface area contributed by atoms with E-state index in [0.29, 0.717) is 5.54 Å². The molecule has 19 heavy (non-hydrogen) atoms. The van der Waals surface area contributed by atoms with Crippen molar-refractivity contribution in [2.45, 2.75) is 64.8 Å². The molecule has 0 atom stereocenters. The van der Waals surface area contributed by atoms with Crippen LogP contribution < -0.4 is 4.90 Å². The van der Waals surface area contributed by atoms with Gasteiger partial charge in [0.15, 0.2) is 0 Å². The van der Waals surface area contributed by atoms with Gasteiger partial charge in [0.2, 0.25) is 0 Å². The predicted octanol–water partition coefficient (Wildman–Crippen LogP) is 5.31. The molecule has 0 aliphatic heterocycles. The van der Waals surface area contributed by atoms with Crippen molar-refractivity contribution in [3.05, 3.63) is 42.1 Å². The molecule has 0 spiro atoms. The summed E-state index contributed by atoms with van der Waals surface area (Å²) in [4.78, 5) is 2.50. The SMILES string of the molecule is C=C(C)N(c1ccc(CC)cc1)C1(CC)CCCC1. The molecule has 0 saturated heterocycles. The second kappa shape index (κ2) is 5.81. The molecule has 104 valence electrons. The van der Waals surface area contributed by atoms with Crippen molar-refractivity contribution in [3.63, 3.8) is 0 Å². The minimum atomic E-state index is 0.305. The van der Waals surface area contributed by atoms with Crippen LogP contribution in [0.1, 0.15) is 58.4 Å². The van der Waals surface area contributed by atoms with Crippen molar-refractivity contribution in [2.75, 3.05) is 4.90 Å². The van der Waals surface area contributed by atoms with Gasteiger partial charge in [-0.2, -0.15) is 0 Å². The highest BCUT2D eigenvalue weighted by atomic mass is 15.2. The zero-order chi connectivity index (χ0) is 13.9. The molecule has 0 amide bonds. The zero-order valence-electron chi connectivity index (χ0n) is 12.7. The van der Waals surface area contributed by atoms with E-state index in [4.69, 9.17) is 0 Å². The van der Waals surface area contributed by atoms with Gasteiger partial charge in [-0.15, -0.1) is 0 Å². The van der Waals surface area contributed by atoms with Gasteiger partial charge in [0.05, 0.1) is 0 Å². The lowest BCUT2D eigenvalue weighted by atomic mass is 9.90. The lowest BCUT2D eigenvalue weighted by molar-refractivity contribution is 0.403. The van der Waals surface area contributed by atoms with Crippen LogP contribution in [0, 0.1) is 0 Å². The van der Waals surface area contributed by atoms with E-state index in [0.717, 1.165) is 6.42 Å². The molecular weight excluding hydrogens is 230 g/mol. The van der Waals surface area contributed by atoms with Crippen LogP contribution in [-0.2, 0) is 6.42 Å². The van der Waals surface area contributed by atoms with Crippen LogP contribution in [0.5, 0.6) is 0 Å². The van der Waals surface area contributed by atoms with Crippen LogP contribution in [0.4, 0.5) is 5.69 Å². The van der Waals surface area contributed by atoms with Crippen LogP contribution in [0.3, 0.4) is 0 Å².